The smallest absolute Gasteiger partial charge is 0.462 e. The molecule has 0 amide bonds. The third-order valence-corrected chi connectivity index (χ3v) is 19.1. The topological polar surface area (TPSA) is 237 Å². The SMILES string of the molecule is CCC(C)CCCCCCCCC(=O)OC[C@H](COP(=O)(O)OC[C@H](O)COP(=O)(O)OC[C@@H](COC(=O)CCCCCCCCCCCCCCC(C)C)OC(=O)CCCCCCCCCCCCCCCCCC(C)C)OC(=O)CCCCCCCCC(C)C. The van der Waals surface area contributed by atoms with E-state index in [1.165, 1.54) is 161 Å². The van der Waals surface area contributed by atoms with Gasteiger partial charge in [-0.2, -0.15) is 0 Å². The van der Waals surface area contributed by atoms with Crippen LogP contribution in [0.4, 0.5) is 0 Å². The van der Waals surface area contributed by atoms with Crippen LogP contribution >= 0.6 is 15.6 Å². The van der Waals surface area contributed by atoms with Gasteiger partial charge in [0.15, 0.2) is 12.2 Å². The summed E-state index contributed by atoms with van der Waals surface area (Å²) in [7, 11) is -9.91. The van der Waals surface area contributed by atoms with Crippen molar-refractivity contribution >= 4 is 39.5 Å². The van der Waals surface area contributed by atoms with Gasteiger partial charge in [-0.1, -0.05) is 312 Å². The fourth-order valence-corrected chi connectivity index (χ4v) is 12.6. The van der Waals surface area contributed by atoms with Crippen molar-refractivity contribution in [3.8, 4) is 0 Å². The summed E-state index contributed by atoms with van der Waals surface area (Å²) in [6.07, 6.45) is 46.1. The van der Waals surface area contributed by atoms with Crippen LogP contribution in [0.15, 0.2) is 0 Å². The molecular weight excluding hydrogens is 1210 g/mol. The highest BCUT2D eigenvalue weighted by Crippen LogP contribution is 2.45. The van der Waals surface area contributed by atoms with Crippen molar-refractivity contribution in [1.82, 2.24) is 0 Å². The Morgan fingerprint density at radius 1 is 0.304 bits per heavy atom. The van der Waals surface area contributed by atoms with Crippen molar-refractivity contribution in [3.63, 3.8) is 0 Å². The molecule has 3 unspecified atom stereocenters. The molecule has 546 valence electrons. The molecule has 0 spiro atoms. The van der Waals surface area contributed by atoms with Crippen LogP contribution in [0.5, 0.6) is 0 Å². The van der Waals surface area contributed by atoms with E-state index in [-0.39, 0.29) is 25.7 Å². The molecule has 17 nitrogen and oxygen atoms in total. The number of phosphoric ester groups is 2. The van der Waals surface area contributed by atoms with E-state index in [1.807, 2.05) is 0 Å². The number of esters is 4. The number of hydrogen-bond donors (Lipinski definition) is 3. The summed E-state index contributed by atoms with van der Waals surface area (Å²) in [4.78, 5) is 72.6. The Morgan fingerprint density at radius 3 is 0.772 bits per heavy atom. The summed E-state index contributed by atoms with van der Waals surface area (Å²) >= 11 is 0. The number of rotatable bonds is 70. The first-order valence-corrected chi connectivity index (χ1v) is 40.7. The molecule has 3 N–H and O–H groups in total. The number of aliphatic hydroxyl groups is 1. The number of phosphoric acid groups is 2. The van der Waals surface area contributed by atoms with Crippen LogP contribution < -0.4 is 0 Å². The highest BCUT2D eigenvalue weighted by molar-refractivity contribution is 7.47. The maximum atomic E-state index is 13.1. The summed E-state index contributed by atoms with van der Waals surface area (Å²) in [5.74, 6) is 0.855. The summed E-state index contributed by atoms with van der Waals surface area (Å²) in [6.45, 7) is 14.1. The first-order valence-electron chi connectivity index (χ1n) is 37.7. The minimum absolute atomic E-state index is 0.101. The normalized spacial score (nSPS) is 14.5. The number of carbonyl (C=O) groups excluding carboxylic acids is 4. The van der Waals surface area contributed by atoms with E-state index in [2.05, 4.69) is 55.4 Å². The van der Waals surface area contributed by atoms with E-state index in [0.717, 1.165) is 114 Å². The lowest BCUT2D eigenvalue weighted by Gasteiger charge is -2.21. The summed E-state index contributed by atoms with van der Waals surface area (Å²) in [6, 6.07) is 0. The van der Waals surface area contributed by atoms with Gasteiger partial charge in [-0.15, -0.1) is 0 Å². The molecule has 0 aliphatic rings. The highest BCUT2D eigenvalue weighted by atomic mass is 31.2. The fourth-order valence-electron chi connectivity index (χ4n) is 11.0. The van der Waals surface area contributed by atoms with Crippen LogP contribution in [0.25, 0.3) is 0 Å². The first-order chi connectivity index (χ1) is 44.1. The minimum Gasteiger partial charge on any atom is -0.462 e. The minimum atomic E-state index is -4.96. The van der Waals surface area contributed by atoms with Gasteiger partial charge in [-0.25, -0.2) is 9.13 Å². The third-order valence-electron chi connectivity index (χ3n) is 17.2. The Bertz CT molecular complexity index is 1820. The maximum absolute atomic E-state index is 13.1. The van der Waals surface area contributed by atoms with E-state index in [0.29, 0.717) is 31.6 Å². The van der Waals surface area contributed by atoms with Gasteiger partial charge < -0.3 is 33.8 Å². The molecule has 0 saturated carbocycles. The number of ether oxygens (including phenoxy) is 4. The van der Waals surface area contributed by atoms with Crippen LogP contribution in [0.3, 0.4) is 0 Å². The van der Waals surface area contributed by atoms with Gasteiger partial charge in [0.05, 0.1) is 26.4 Å². The molecule has 19 heteroatoms. The van der Waals surface area contributed by atoms with Crippen molar-refractivity contribution in [2.75, 3.05) is 39.6 Å². The standard InChI is InChI=1S/C73H142O17P2/c1-9-66(8)52-44-36-30-32-38-46-54-71(76)84-60-69(90-73(78)56-48-40-31-29-35-43-51-65(6)7)62-88-92(81,82)86-58-67(74)57-85-91(79,80)87-61-68(59-83-70(75)53-45-37-27-23-19-16-15-18-22-26-34-42-50-64(4)5)89-72(77)55-47-39-28-24-20-14-12-10-11-13-17-21-25-33-41-49-63(2)3/h63-69,74H,9-62H2,1-8H3,(H,79,80)(H,81,82)/t66?,67-,68-,69-/m1/s1. The summed E-state index contributed by atoms with van der Waals surface area (Å²) in [5, 5.41) is 10.6. The number of unbranched alkanes of at least 4 members (excludes halogenated alkanes) is 35. The zero-order valence-corrected chi connectivity index (χ0v) is 62.0. The molecule has 0 heterocycles. The molecule has 6 atom stereocenters. The molecule has 0 saturated heterocycles. The zero-order valence-electron chi connectivity index (χ0n) is 60.2. The Labute approximate surface area is 562 Å². The lowest BCUT2D eigenvalue weighted by Crippen LogP contribution is -2.30. The molecule has 0 aromatic carbocycles. The predicted octanol–water partition coefficient (Wildman–Crippen LogP) is 20.9. The number of hydrogen-bond acceptors (Lipinski definition) is 15. The largest absolute Gasteiger partial charge is 0.472 e. The Balaban J connectivity index is 5.22. The van der Waals surface area contributed by atoms with Gasteiger partial charge in [0.1, 0.15) is 19.3 Å². The maximum Gasteiger partial charge on any atom is 0.472 e. The molecular formula is C73H142O17P2. The lowest BCUT2D eigenvalue weighted by atomic mass is 10.00. The van der Waals surface area contributed by atoms with Gasteiger partial charge in [0.2, 0.25) is 0 Å². The molecule has 0 radical (unpaired) electrons. The molecule has 0 rings (SSSR count). The van der Waals surface area contributed by atoms with Crippen LogP contribution in [0.1, 0.15) is 364 Å². The summed E-state index contributed by atoms with van der Waals surface area (Å²) < 4.78 is 68.3. The van der Waals surface area contributed by atoms with Gasteiger partial charge in [0, 0.05) is 25.7 Å². The molecule has 0 fully saturated rings. The van der Waals surface area contributed by atoms with Gasteiger partial charge in [0.25, 0.3) is 0 Å². The van der Waals surface area contributed by atoms with Gasteiger partial charge in [-0.05, 0) is 49.4 Å². The Morgan fingerprint density at radius 2 is 0.522 bits per heavy atom. The molecule has 0 aliphatic carbocycles. The predicted molar refractivity (Wildman–Crippen MR) is 372 cm³/mol. The second-order valence-electron chi connectivity index (χ2n) is 28.0. The van der Waals surface area contributed by atoms with Gasteiger partial charge in [-0.3, -0.25) is 37.3 Å². The zero-order chi connectivity index (χ0) is 68.2. The molecule has 92 heavy (non-hydrogen) atoms. The van der Waals surface area contributed by atoms with Crippen molar-refractivity contribution in [2.24, 2.45) is 23.7 Å². The monoisotopic (exact) mass is 1350 g/mol. The fraction of sp³-hybridized carbons (Fsp3) is 0.945. The Hall–Kier alpha value is -1.94. The van der Waals surface area contributed by atoms with Crippen molar-refractivity contribution < 1.29 is 80.2 Å². The van der Waals surface area contributed by atoms with E-state index in [9.17, 15) is 43.2 Å². The van der Waals surface area contributed by atoms with Crippen LogP contribution in [0.2, 0.25) is 0 Å². The second-order valence-corrected chi connectivity index (χ2v) is 30.9. The van der Waals surface area contributed by atoms with Crippen molar-refractivity contribution in [1.29, 1.82) is 0 Å². The third kappa shape index (κ3) is 65.4. The first kappa shape index (κ1) is 90.1. The van der Waals surface area contributed by atoms with Crippen LogP contribution in [-0.4, -0.2) is 96.7 Å². The van der Waals surface area contributed by atoms with Crippen molar-refractivity contribution in [3.05, 3.63) is 0 Å². The highest BCUT2D eigenvalue weighted by Gasteiger charge is 2.30. The van der Waals surface area contributed by atoms with E-state index in [4.69, 9.17) is 37.0 Å². The van der Waals surface area contributed by atoms with Crippen LogP contribution in [0, 0.1) is 23.7 Å². The molecule has 0 aromatic heterocycles. The van der Waals surface area contributed by atoms with E-state index < -0.39 is 97.5 Å². The van der Waals surface area contributed by atoms with Crippen LogP contribution in [-0.2, 0) is 65.4 Å². The van der Waals surface area contributed by atoms with Gasteiger partial charge >= 0.3 is 39.5 Å². The average Bonchev–Trinajstić information content (AvgIpc) is 1.40. The van der Waals surface area contributed by atoms with E-state index >= 15 is 0 Å². The summed E-state index contributed by atoms with van der Waals surface area (Å²) in [5.41, 5.74) is 0. The lowest BCUT2D eigenvalue weighted by molar-refractivity contribution is -0.161. The molecule has 0 bridgehead atoms. The average molecular weight is 1350 g/mol. The second kappa shape index (κ2) is 62.6. The van der Waals surface area contributed by atoms with E-state index in [1.54, 1.807) is 0 Å². The quantitative estimate of drug-likeness (QED) is 0.0222. The number of aliphatic hydroxyl groups excluding tert-OH is 1. The van der Waals surface area contributed by atoms with Crippen molar-refractivity contribution in [2.45, 2.75) is 382 Å². The molecule has 0 aliphatic heterocycles. The Kier molecular flexibility index (Phi) is 61.3. The number of carbonyl (C=O) groups is 4. The molecule has 0 aromatic rings.